The van der Waals surface area contributed by atoms with Crippen LogP contribution in [0.4, 0.5) is 10.5 Å². The van der Waals surface area contributed by atoms with Gasteiger partial charge in [0.25, 0.3) is 5.69 Å². The van der Waals surface area contributed by atoms with Crippen molar-refractivity contribution in [3.8, 4) is 34.5 Å². The van der Waals surface area contributed by atoms with Crippen LogP contribution in [-0.2, 0) is 16.1 Å². The summed E-state index contributed by atoms with van der Waals surface area (Å²) in [5.41, 5.74) is 3.24. The highest BCUT2D eigenvalue weighted by Crippen LogP contribution is 2.62. The topological polar surface area (TPSA) is 198 Å². The summed E-state index contributed by atoms with van der Waals surface area (Å²) >= 11 is 0. The van der Waals surface area contributed by atoms with Gasteiger partial charge in [0.05, 0.1) is 23.2 Å². The summed E-state index contributed by atoms with van der Waals surface area (Å²) in [6.07, 6.45) is 8.10. The molecule has 0 radical (unpaired) electrons. The molecule has 2 N–H and O–H groups in total. The molecule has 1 amide bonds. The molecule has 16 nitrogen and oxygen atoms in total. The van der Waals surface area contributed by atoms with Crippen LogP contribution in [0.25, 0.3) is 0 Å². The third-order valence-electron chi connectivity index (χ3n) is 12.8. The van der Waals surface area contributed by atoms with E-state index in [9.17, 15) is 25.1 Å². The standard InChI is InChI=1S/C51H55N3O13/c1-3-24-63-51-47(53(30-33-14-20-45-46(26-33)62-32-61-45)50(58)66-37-17-15-36(16-18-37)54(59)60)29-43(52-64-4-2)41-27-35(11-5-7-22-55)40(13-6-8-23-56)48(49(41)51)42-28-39(19-21-44(42)67-51)65-38-12-9-10-34(25-38)31-57/h3,9-10,12,14-21,25-28,31,35,40,47-49,55-56H,1,4-8,11,13,22-24,29-30,32H2,2H3. The Morgan fingerprint density at radius 1 is 0.940 bits per heavy atom. The van der Waals surface area contributed by atoms with Crippen LogP contribution in [0.2, 0.25) is 0 Å². The van der Waals surface area contributed by atoms with Gasteiger partial charge in [0, 0.05) is 55.4 Å². The Hall–Kier alpha value is -6.75. The lowest BCUT2D eigenvalue weighted by Crippen LogP contribution is -2.70. The average Bonchev–Trinajstić information content (AvgIpc) is 3.81. The van der Waals surface area contributed by atoms with E-state index in [0.717, 1.165) is 36.7 Å². The molecule has 0 spiro atoms. The number of nitro benzene ring substituents is 1. The van der Waals surface area contributed by atoms with Gasteiger partial charge >= 0.3 is 6.09 Å². The Morgan fingerprint density at radius 2 is 1.69 bits per heavy atom. The van der Waals surface area contributed by atoms with Gasteiger partial charge in [0.15, 0.2) is 11.5 Å². The highest BCUT2D eigenvalue weighted by Gasteiger charge is 2.66. The molecule has 0 bridgehead atoms. The van der Waals surface area contributed by atoms with E-state index in [0.29, 0.717) is 64.8 Å². The summed E-state index contributed by atoms with van der Waals surface area (Å²) in [5.74, 6) is -0.0519. The van der Waals surface area contributed by atoms with Crippen molar-refractivity contribution in [2.24, 2.45) is 22.9 Å². The number of aldehydes is 1. The first kappa shape index (κ1) is 46.8. The number of benzene rings is 4. The first-order chi connectivity index (χ1) is 32.7. The Balaban J connectivity index is 1.33. The Labute approximate surface area is 388 Å². The lowest BCUT2D eigenvalue weighted by molar-refractivity contribution is -0.384. The molecule has 2 aliphatic carbocycles. The highest BCUT2D eigenvalue weighted by molar-refractivity contribution is 6.03. The molecule has 67 heavy (non-hydrogen) atoms. The first-order valence-electron chi connectivity index (χ1n) is 22.7. The van der Waals surface area contributed by atoms with E-state index in [1.54, 1.807) is 53.4 Å². The zero-order valence-electron chi connectivity index (χ0n) is 37.3. The molecule has 1 fully saturated rings. The molecule has 0 aromatic heterocycles. The van der Waals surface area contributed by atoms with Crippen molar-refractivity contribution < 1.29 is 58.0 Å². The van der Waals surface area contributed by atoms with Crippen LogP contribution in [-0.4, -0.2) is 83.2 Å². The van der Waals surface area contributed by atoms with E-state index >= 15 is 4.79 Å². The number of amides is 1. The SMILES string of the molecule is C=CCOC12Oc3ccc(Oc4cccc(C=O)c4)cc3C3C(CCCCO)C(CCCCO)C=C(C(=NOCC)CC1N(Cc1ccc4c(c1)OCO4)C(=O)Oc1ccc([N+](=O)[O-])cc1)C32. The number of allylic oxidation sites excluding steroid dienone is 1. The zero-order valence-corrected chi connectivity index (χ0v) is 37.3. The molecule has 4 aromatic carbocycles. The van der Waals surface area contributed by atoms with E-state index in [2.05, 4.69) is 12.7 Å². The Morgan fingerprint density at radius 3 is 2.43 bits per heavy atom. The van der Waals surface area contributed by atoms with Crippen LogP contribution < -0.4 is 23.7 Å². The quantitative estimate of drug-likeness (QED) is 0.0264. The minimum Gasteiger partial charge on any atom is -0.459 e. The molecule has 1 saturated carbocycles. The van der Waals surface area contributed by atoms with Crippen LogP contribution in [0.3, 0.4) is 0 Å². The van der Waals surface area contributed by atoms with E-state index in [1.165, 1.54) is 24.3 Å². The second-order valence-corrected chi connectivity index (χ2v) is 16.9. The number of aliphatic hydroxyl groups excluding tert-OH is 2. The van der Waals surface area contributed by atoms with Crippen LogP contribution in [0, 0.1) is 27.9 Å². The largest absolute Gasteiger partial charge is 0.459 e. The molecular formula is C51H55N3O13. The number of hydrogen-bond acceptors (Lipinski definition) is 14. The number of nitrogens with zero attached hydrogens (tertiary/aromatic N) is 3. The normalized spacial score (nSPS) is 22.6. The van der Waals surface area contributed by atoms with Crippen molar-refractivity contribution in [3.05, 3.63) is 136 Å². The summed E-state index contributed by atoms with van der Waals surface area (Å²) in [7, 11) is 0. The number of rotatable bonds is 21. The van der Waals surface area contributed by atoms with Gasteiger partial charge in [-0.3, -0.25) is 19.8 Å². The summed E-state index contributed by atoms with van der Waals surface area (Å²) in [6.45, 7) is 6.25. The van der Waals surface area contributed by atoms with Crippen molar-refractivity contribution in [1.82, 2.24) is 4.90 Å². The Bertz CT molecular complexity index is 2490. The number of carbonyl (C=O) groups excluding carboxylic acids is 2. The van der Waals surface area contributed by atoms with Crippen LogP contribution in [0.15, 0.2) is 114 Å². The summed E-state index contributed by atoms with van der Waals surface area (Å²) in [5, 5.41) is 36.3. The smallest absolute Gasteiger partial charge is 0.416 e. The third kappa shape index (κ3) is 10.0. The summed E-state index contributed by atoms with van der Waals surface area (Å²) < 4.78 is 38.3. The maximum absolute atomic E-state index is 15.1. The second kappa shape index (κ2) is 21.3. The third-order valence-corrected chi connectivity index (χ3v) is 12.8. The molecule has 16 heteroatoms. The molecular weight excluding hydrogens is 863 g/mol. The van der Waals surface area contributed by atoms with E-state index in [4.69, 9.17) is 38.4 Å². The molecule has 4 aromatic rings. The molecule has 8 rings (SSSR count). The number of fused-ring (bicyclic) bond motifs is 3. The van der Waals surface area contributed by atoms with Crippen molar-refractivity contribution in [3.63, 3.8) is 0 Å². The maximum atomic E-state index is 15.1. The van der Waals surface area contributed by atoms with Crippen LogP contribution in [0.1, 0.15) is 79.3 Å². The molecule has 2 aliphatic heterocycles. The molecule has 6 atom stereocenters. The number of aliphatic hydroxyl groups is 2. The van der Waals surface area contributed by atoms with Crippen LogP contribution in [0.5, 0.6) is 34.5 Å². The average molecular weight is 918 g/mol. The number of unbranched alkanes of at least 4 members (excludes halogenated alkanes) is 2. The lowest BCUT2D eigenvalue weighted by Gasteiger charge is -2.59. The zero-order chi connectivity index (χ0) is 46.9. The fourth-order valence-corrected chi connectivity index (χ4v) is 9.98. The highest BCUT2D eigenvalue weighted by atomic mass is 16.7. The van der Waals surface area contributed by atoms with Gasteiger partial charge in [-0.15, -0.1) is 6.58 Å². The molecule has 4 aliphatic rings. The molecule has 2 heterocycles. The van der Waals surface area contributed by atoms with E-state index < -0.39 is 28.8 Å². The van der Waals surface area contributed by atoms with Gasteiger partial charge in [-0.25, -0.2) is 4.79 Å². The number of hydrogen-bond donors (Lipinski definition) is 2. The van der Waals surface area contributed by atoms with Crippen molar-refractivity contribution in [2.45, 2.75) is 76.2 Å². The maximum Gasteiger partial charge on any atom is 0.416 e. The van der Waals surface area contributed by atoms with Crippen molar-refractivity contribution >= 4 is 23.8 Å². The fourth-order valence-electron chi connectivity index (χ4n) is 9.98. The number of ether oxygens (including phenoxy) is 6. The minimum atomic E-state index is -1.63. The number of carbonyl (C=O) groups is 2. The Kier molecular flexibility index (Phi) is 14.8. The lowest BCUT2D eigenvalue weighted by atomic mass is 9.55. The monoisotopic (exact) mass is 917 g/mol. The van der Waals surface area contributed by atoms with Crippen LogP contribution >= 0.6 is 0 Å². The first-order valence-corrected chi connectivity index (χ1v) is 22.7. The predicted molar refractivity (Wildman–Crippen MR) is 246 cm³/mol. The van der Waals surface area contributed by atoms with Crippen molar-refractivity contribution in [1.29, 1.82) is 0 Å². The van der Waals surface area contributed by atoms with Crippen molar-refractivity contribution in [2.75, 3.05) is 33.2 Å². The molecule has 0 saturated heterocycles. The second-order valence-electron chi connectivity index (χ2n) is 16.9. The van der Waals surface area contributed by atoms with Gasteiger partial charge in [0.1, 0.15) is 41.9 Å². The number of nitro groups is 1. The van der Waals surface area contributed by atoms with Gasteiger partial charge < -0.3 is 43.5 Å². The summed E-state index contributed by atoms with van der Waals surface area (Å²) in [6, 6.07) is 22.2. The summed E-state index contributed by atoms with van der Waals surface area (Å²) in [4.78, 5) is 45.2. The fraction of sp³-hybridized carbons (Fsp3) is 0.392. The van der Waals surface area contributed by atoms with Gasteiger partial charge in [0.2, 0.25) is 12.6 Å². The number of non-ortho nitro benzene ring substituents is 1. The molecule has 352 valence electrons. The minimum absolute atomic E-state index is 0.0152. The van der Waals surface area contributed by atoms with E-state index in [-0.39, 0.29) is 75.4 Å². The van der Waals surface area contributed by atoms with Gasteiger partial charge in [-0.05, 0) is 110 Å². The number of oxime groups is 1. The van der Waals surface area contributed by atoms with E-state index in [1.807, 2.05) is 25.1 Å². The predicted octanol–water partition coefficient (Wildman–Crippen LogP) is 9.28. The van der Waals surface area contributed by atoms with Gasteiger partial charge in [-0.2, -0.15) is 0 Å². The van der Waals surface area contributed by atoms with Gasteiger partial charge in [-0.1, -0.05) is 48.3 Å². The molecule has 6 unspecified atom stereocenters.